The van der Waals surface area contributed by atoms with E-state index in [-0.39, 0.29) is 37.1 Å². The summed E-state index contributed by atoms with van der Waals surface area (Å²) in [5, 5.41) is 11.5. The van der Waals surface area contributed by atoms with Crippen molar-refractivity contribution in [3.63, 3.8) is 0 Å². The molecular formula is C27H32N2O6. The van der Waals surface area contributed by atoms with Gasteiger partial charge in [-0.15, -0.1) is 0 Å². The van der Waals surface area contributed by atoms with Crippen LogP contribution in [0.2, 0.25) is 0 Å². The maximum absolute atomic E-state index is 13.1. The number of hydrogen-bond donors (Lipinski definition) is 2. The Bertz CT molecular complexity index is 1040. The highest BCUT2D eigenvalue weighted by Crippen LogP contribution is 2.44. The fourth-order valence-corrected chi connectivity index (χ4v) is 4.71. The molecule has 2 aliphatic rings. The van der Waals surface area contributed by atoms with Gasteiger partial charge < -0.3 is 24.8 Å². The number of carboxylic acids is 1. The molecule has 4 rings (SSSR count). The Morgan fingerprint density at radius 2 is 1.66 bits per heavy atom. The fourth-order valence-electron chi connectivity index (χ4n) is 4.71. The summed E-state index contributed by atoms with van der Waals surface area (Å²) in [5.41, 5.74) is 4.56. The van der Waals surface area contributed by atoms with Gasteiger partial charge in [-0.3, -0.25) is 4.79 Å². The Kier molecular flexibility index (Phi) is 7.70. The molecule has 0 bridgehead atoms. The molecule has 0 saturated carbocycles. The van der Waals surface area contributed by atoms with Gasteiger partial charge in [0.25, 0.3) is 0 Å². The van der Waals surface area contributed by atoms with E-state index in [1.54, 1.807) is 4.90 Å². The van der Waals surface area contributed by atoms with Crippen LogP contribution in [-0.4, -0.2) is 66.4 Å². The molecule has 1 saturated heterocycles. The lowest BCUT2D eigenvalue weighted by Gasteiger charge is -2.40. The summed E-state index contributed by atoms with van der Waals surface area (Å²) in [6.45, 7) is 4.50. The van der Waals surface area contributed by atoms with Crippen molar-refractivity contribution in [2.75, 3.05) is 26.3 Å². The van der Waals surface area contributed by atoms with E-state index < -0.39 is 18.1 Å². The second-order valence-electron chi connectivity index (χ2n) is 9.34. The van der Waals surface area contributed by atoms with E-state index in [0.29, 0.717) is 19.5 Å². The zero-order valence-corrected chi connectivity index (χ0v) is 20.1. The smallest absolute Gasteiger partial charge is 0.407 e. The van der Waals surface area contributed by atoms with Crippen LogP contribution in [0.4, 0.5) is 4.79 Å². The Hall–Kier alpha value is -3.39. The zero-order valence-electron chi connectivity index (χ0n) is 20.1. The van der Waals surface area contributed by atoms with Crippen LogP contribution in [0.3, 0.4) is 0 Å². The van der Waals surface area contributed by atoms with Crippen LogP contribution >= 0.6 is 0 Å². The van der Waals surface area contributed by atoms with Gasteiger partial charge in [0, 0.05) is 19.0 Å². The summed E-state index contributed by atoms with van der Waals surface area (Å²) < 4.78 is 10.9. The average Bonchev–Trinajstić information content (AvgIpc) is 3.14. The molecule has 1 fully saturated rings. The quantitative estimate of drug-likeness (QED) is 0.538. The highest BCUT2D eigenvalue weighted by molar-refractivity contribution is 5.86. The fraction of sp³-hybridized carbons (Fsp3) is 0.444. The summed E-state index contributed by atoms with van der Waals surface area (Å²) in [6, 6.07) is 15.5. The van der Waals surface area contributed by atoms with Gasteiger partial charge in [0.1, 0.15) is 19.3 Å². The van der Waals surface area contributed by atoms with Crippen molar-refractivity contribution in [2.24, 2.45) is 5.92 Å². The Balaban J connectivity index is 1.36. The largest absolute Gasteiger partial charge is 0.480 e. The SMILES string of the molecule is CCC(C)CC(NC(=O)OCC1c2ccccc2-c2ccccc21)C(=O)N1CC(OCC(=O)O)C1. The molecule has 186 valence electrons. The minimum atomic E-state index is -1.04. The van der Waals surface area contributed by atoms with Crippen LogP contribution in [0.1, 0.15) is 43.7 Å². The van der Waals surface area contributed by atoms with Crippen LogP contribution in [-0.2, 0) is 19.1 Å². The molecule has 1 aliphatic heterocycles. The molecule has 35 heavy (non-hydrogen) atoms. The topological polar surface area (TPSA) is 105 Å². The molecule has 8 heteroatoms. The molecule has 0 aromatic heterocycles. The Morgan fingerprint density at radius 3 is 2.23 bits per heavy atom. The third-order valence-electron chi connectivity index (χ3n) is 6.87. The van der Waals surface area contributed by atoms with E-state index >= 15 is 0 Å². The van der Waals surface area contributed by atoms with Crippen molar-refractivity contribution < 1.29 is 29.0 Å². The monoisotopic (exact) mass is 480 g/mol. The minimum Gasteiger partial charge on any atom is -0.480 e. The molecule has 2 unspecified atom stereocenters. The van der Waals surface area contributed by atoms with Gasteiger partial charge in [0.15, 0.2) is 0 Å². The van der Waals surface area contributed by atoms with E-state index in [1.807, 2.05) is 38.1 Å². The van der Waals surface area contributed by atoms with Crippen molar-refractivity contribution in [3.05, 3.63) is 59.7 Å². The highest BCUT2D eigenvalue weighted by Gasteiger charge is 2.37. The second-order valence-corrected chi connectivity index (χ2v) is 9.34. The van der Waals surface area contributed by atoms with E-state index in [0.717, 1.165) is 28.7 Å². The van der Waals surface area contributed by atoms with Crippen molar-refractivity contribution in [1.29, 1.82) is 0 Å². The van der Waals surface area contributed by atoms with Gasteiger partial charge in [-0.1, -0.05) is 68.8 Å². The van der Waals surface area contributed by atoms with Crippen LogP contribution in [0.15, 0.2) is 48.5 Å². The lowest BCUT2D eigenvalue weighted by molar-refractivity contribution is -0.155. The summed E-state index contributed by atoms with van der Waals surface area (Å²) >= 11 is 0. The molecule has 8 nitrogen and oxygen atoms in total. The predicted octanol–water partition coefficient (Wildman–Crippen LogP) is 3.64. The van der Waals surface area contributed by atoms with Crippen molar-refractivity contribution in [3.8, 4) is 11.1 Å². The van der Waals surface area contributed by atoms with Gasteiger partial charge in [-0.25, -0.2) is 9.59 Å². The number of fused-ring (bicyclic) bond motifs is 3. The maximum Gasteiger partial charge on any atom is 0.407 e. The molecule has 0 spiro atoms. The van der Waals surface area contributed by atoms with E-state index in [1.165, 1.54) is 0 Å². The number of carbonyl (C=O) groups is 3. The zero-order chi connectivity index (χ0) is 24.9. The molecule has 2 aromatic rings. The number of hydrogen-bond acceptors (Lipinski definition) is 5. The molecule has 2 N–H and O–H groups in total. The summed E-state index contributed by atoms with van der Waals surface area (Å²) in [7, 11) is 0. The van der Waals surface area contributed by atoms with Gasteiger partial charge in [-0.2, -0.15) is 0 Å². The first-order chi connectivity index (χ1) is 16.9. The first-order valence-corrected chi connectivity index (χ1v) is 12.1. The van der Waals surface area contributed by atoms with Gasteiger partial charge in [0.2, 0.25) is 5.91 Å². The first kappa shape index (κ1) is 24.7. The van der Waals surface area contributed by atoms with Crippen LogP contribution in [0.5, 0.6) is 0 Å². The number of alkyl carbamates (subject to hydrolysis) is 1. The molecule has 2 aromatic carbocycles. The van der Waals surface area contributed by atoms with E-state index in [2.05, 4.69) is 29.6 Å². The third-order valence-corrected chi connectivity index (χ3v) is 6.87. The number of ether oxygens (including phenoxy) is 2. The summed E-state index contributed by atoms with van der Waals surface area (Å²) in [4.78, 5) is 38.1. The van der Waals surface area contributed by atoms with E-state index in [4.69, 9.17) is 14.6 Å². The lowest BCUT2D eigenvalue weighted by atomic mass is 9.97. The highest BCUT2D eigenvalue weighted by atomic mass is 16.5. The number of rotatable bonds is 10. The van der Waals surface area contributed by atoms with Crippen LogP contribution in [0.25, 0.3) is 11.1 Å². The Morgan fingerprint density at radius 1 is 1.06 bits per heavy atom. The molecular weight excluding hydrogens is 448 g/mol. The predicted molar refractivity (Wildman–Crippen MR) is 130 cm³/mol. The second kappa shape index (κ2) is 10.9. The number of aliphatic carboxylic acids is 1. The number of benzene rings is 2. The molecule has 2 amide bonds. The summed E-state index contributed by atoms with van der Waals surface area (Å²) in [6.07, 6.45) is 0.457. The number of nitrogens with one attached hydrogen (secondary N) is 1. The van der Waals surface area contributed by atoms with Gasteiger partial charge >= 0.3 is 12.1 Å². The molecule has 1 heterocycles. The van der Waals surface area contributed by atoms with Crippen molar-refractivity contribution in [1.82, 2.24) is 10.2 Å². The van der Waals surface area contributed by atoms with Crippen LogP contribution < -0.4 is 5.32 Å². The lowest BCUT2D eigenvalue weighted by Crippen LogP contribution is -2.60. The number of carboxylic acid groups (broad SMARTS) is 1. The average molecular weight is 481 g/mol. The number of likely N-dealkylation sites (tertiary alicyclic amines) is 1. The van der Waals surface area contributed by atoms with Gasteiger partial charge in [0.05, 0.1) is 6.10 Å². The number of nitrogens with zero attached hydrogens (tertiary/aromatic N) is 1. The van der Waals surface area contributed by atoms with E-state index in [9.17, 15) is 14.4 Å². The van der Waals surface area contributed by atoms with Gasteiger partial charge in [-0.05, 0) is 34.6 Å². The normalized spacial score (nSPS) is 16.6. The van der Waals surface area contributed by atoms with Crippen molar-refractivity contribution >= 4 is 18.0 Å². The third kappa shape index (κ3) is 5.65. The standard InChI is InChI=1S/C27H32N2O6/c1-3-17(2)12-24(26(32)29-13-18(14-29)34-16-25(30)31)28-27(33)35-15-23-21-10-6-4-8-19(21)20-9-5-7-11-22(20)23/h4-11,17-18,23-24H,3,12-16H2,1-2H3,(H,28,33)(H,30,31). The molecule has 0 radical (unpaired) electrons. The maximum atomic E-state index is 13.1. The minimum absolute atomic E-state index is 0.0561. The summed E-state index contributed by atoms with van der Waals surface area (Å²) in [5.74, 6) is -1.06. The molecule has 1 aliphatic carbocycles. The number of carbonyl (C=O) groups excluding carboxylic acids is 2. The van der Waals surface area contributed by atoms with Crippen LogP contribution in [0, 0.1) is 5.92 Å². The molecule has 2 atom stereocenters. The number of amides is 2. The Labute approximate surface area is 205 Å². The first-order valence-electron chi connectivity index (χ1n) is 12.1. The van der Waals surface area contributed by atoms with Crippen molar-refractivity contribution in [2.45, 2.75) is 44.8 Å².